The lowest BCUT2D eigenvalue weighted by Gasteiger charge is -2.04. The summed E-state index contributed by atoms with van der Waals surface area (Å²) in [7, 11) is 1.65. The number of carbonyl (C=O) groups excluding carboxylic acids is 1. The minimum absolute atomic E-state index is 0.0460. The van der Waals surface area contributed by atoms with E-state index in [0.29, 0.717) is 5.56 Å². The summed E-state index contributed by atoms with van der Waals surface area (Å²) < 4.78 is 6.17. The highest BCUT2D eigenvalue weighted by Crippen LogP contribution is 2.25. The van der Waals surface area contributed by atoms with Gasteiger partial charge in [-0.15, -0.1) is 11.3 Å². The molecule has 0 saturated carbocycles. The van der Waals surface area contributed by atoms with E-state index in [1.54, 1.807) is 7.11 Å². The minimum Gasteiger partial charge on any atom is -0.497 e. The van der Waals surface area contributed by atoms with Crippen molar-refractivity contribution in [3.63, 3.8) is 0 Å². The van der Waals surface area contributed by atoms with Gasteiger partial charge in [0.2, 0.25) is 0 Å². The van der Waals surface area contributed by atoms with Gasteiger partial charge >= 0.3 is 0 Å². The number of rotatable bonds is 3. The number of benzene rings is 2. The molecule has 3 rings (SSSR count). The molecule has 0 radical (unpaired) electrons. The van der Waals surface area contributed by atoms with Gasteiger partial charge in [0.1, 0.15) is 5.75 Å². The van der Waals surface area contributed by atoms with Crippen LogP contribution in [-0.4, -0.2) is 12.9 Å². The zero-order valence-corrected chi connectivity index (χ0v) is 13.1. The molecule has 2 aromatic carbocycles. The molecule has 0 spiro atoms. The van der Waals surface area contributed by atoms with Gasteiger partial charge in [-0.3, -0.25) is 4.79 Å². The molecule has 0 aliphatic rings. The largest absolute Gasteiger partial charge is 0.497 e. The van der Waals surface area contributed by atoms with Crippen LogP contribution in [0.3, 0.4) is 0 Å². The number of ketones is 1. The minimum atomic E-state index is 0.0460. The Labute approximate surface area is 129 Å². The maximum atomic E-state index is 12.4. The Morgan fingerprint density at radius 2 is 1.80 bits per heavy atom. The summed E-state index contributed by atoms with van der Waals surface area (Å²) in [6.07, 6.45) is 0. The summed E-state index contributed by atoms with van der Waals surface area (Å²) in [5, 5.41) is 3.96. The Morgan fingerprint density at radius 1 is 1.05 bits per heavy atom. The van der Waals surface area contributed by atoms with Gasteiger partial charge in [0, 0.05) is 16.5 Å². The van der Waals surface area contributed by atoms with Crippen LogP contribution in [0.4, 0.5) is 0 Å². The first-order chi connectivity index (χ1) is 9.67. The van der Waals surface area contributed by atoms with Gasteiger partial charge in [0.25, 0.3) is 0 Å². The highest BCUT2D eigenvalue weighted by molar-refractivity contribution is 9.11. The van der Waals surface area contributed by atoms with Crippen LogP contribution in [0.1, 0.15) is 15.9 Å². The van der Waals surface area contributed by atoms with Crippen molar-refractivity contribution in [2.24, 2.45) is 0 Å². The fraction of sp³-hybridized carbons (Fsp3) is 0.0625. The molecular weight excluding hydrogens is 336 g/mol. The van der Waals surface area contributed by atoms with Crippen LogP contribution in [0.15, 0.2) is 51.6 Å². The molecule has 2 nitrogen and oxygen atoms in total. The summed E-state index contributed by atoms with van der Waals surface area (Å²) in [6, 6.07) is 13.4. The van der Waals surface area contributed by atoms with Gasteiger partial charge in [0.05, 0.1) is 10.9 Å². The number of ether oxygens (including phenoxy) is 1. The van der Waals surface area contributed by atoms with Crippen LogP contribution in [0.25, 0.3) is 10.8 Å². The van der Waals surface area contributed by atoms with E-state index in [2.05, 4.69) is 15.9 Å². The Balaban J connectivity index is 2.02. The van der Waals surface area contributed by atoms with Gasteiger partial charge in [-0.2, -0.15) is 0 Å². The zero-order valence-electron chi connectivity index (χ0n) is 10.7. The lowest BCUT2D eigenvalue weighted by molar-refractivity contribution is 0.103. The van der Waals surface area contributed by atoms with Crippen LogP contribution in [0, 0.1) is 0 Å². The normalized spacial score (nSPS) is 10.7. The number of halogens is 1. The number of methoxy groups -OCH3 is 1. The van der Waals surface area contributed by atoms with Crippen molar-refractivity contribution in [2.45, 2.75) is 0 Å². The first-order valence-electron chi connectivity index (χ1n) is 6.04. The molecule has 0 atom stereocenters. The molecular formula is C16H11BrO2S. The van der Waals surface area contributed by atoms with Crippen molar-refractivity contribution < 1.29 is 9.53 Å². The topological polar surface area (TPSA) is 26.3 Å². The Kier molecular flexibility index (Phi) is 3.59. The fourth-order valence-electron chi connectivity index (χ4n) is 2.09. The van der Waals surface area contributed by atoms with E-state index in [-0.39, 0.29) is 5.78 Å². The van der Waals surface area contributed by atoms with E-state index in [9.17, 15) is 4.79 Å². The van der Waals surface area contributed by atoms with E-state index in [1.165, 1.54) is 11.3 Å². The quantitative estimate of drug-likeness (QED) is 0.630. The monoisotopic (exact) mass is 346 g/mol. The number of carbonyl (C=O) groups is 1. The zero-order chi connectivity index (χ0) is 14.1. The van der Waals surface area contributed by atoms with Crippen LogP contribution in [0.5, 0.6) is 5.75 Å². The lowest BCUT2D eigenvalue weighted by atomic mass is 10.0. The molecule has 1 aromatic heterocycles. The van der Waals surface area contributed by atoms with Crippen molar-refractivity contribution in [2.75, 3.05) is 7.11 Å². The maximum Gasteiger partial charge on any atom is 0.193 e. The van der Waals surface area contributed by atoms with E-state index < -0.39 is 0 Å². The fourth-order valence-corrected chi connectivity index (χ4v) is 3.22. The average molecular weight is 347 g/mol. The van der Waals surface area contributed by atoms with Crippen molar-refractivity contribution in [3.05, 3.63) is 62.8 Å². The highest BCUT2D eigenvalue weighted by Gasteiger charge is 2.11. The second-order valence-corrected chi connectivity index (χ2v) is 6.69. The van der Waals surface area contributed by atoms with Crippen molar-refractivity contribution in [3.8, 4) is 5.75 Å². The molecule has 0 aliphatic carbocycles. The smallest absolute Gasteiger partial charge is 0.193 e. The number of hydrogen-bond donors (Lipinski definition) is 0. The third kappa shape index (κ3) is 2.49. The maximum absolute atomic E-state index is 12.4. The third-order valence-electron chi connectivity index (χ3n) is 3.14. The van der Waals surface area contributed by atoms with Crippen LogP contribution in [0.2, 0.25) is 0 Å². The molecule has 4 heteroatoms. The summed E-state index contributed by atoms with van der Waals surface area (Å²) in [6.45, 7) is 0. The summed E-state index contributed by atoms with van der Waals surface area (Å²) >= 11 is 4.90. The number of fused-ring (bicyclic) bond motifs is 1. The molecule has 1 heterocycles. The van der Waals surface area contributed by atoms with E-state index in [0.717, 1.165) is 25.9 Å². The number of hydrogen-bond acceptors (Lipinski definition) is 3. The molecule has 20 heavy (non-hydrogen) atoms. The first-order valence-corrected chi connectivity index (χ1v) is 7.71. The summed E-state index contributed by atoms with van der Waals surface area (Å²) in [5.41, 5.74) is 1.42. The molecule has 3 aromatic rings. The summed E-state index contributed by atoms with van der Waals surface area (Å²) in [5.74, 6) is 0.864. The van der Waals surface area contributed by atoms with Gasteiger partial charge < -0.3 is 4.74 Å². The highest BCUT2D eigenvalue weighted by atomic mass is 79.9. The molecule has 100 valence electrons. The van der Waals surface area contributed by atoms with Crippen molar-refractivity contribution >= 4 is 43.8 Å². The predicted molar refractivity (Wildman–Crippen MR) is 86.0 cm³/mol. The third-order valence-corrected chi connectivity index (χ3v) is 4.64. The van der Waals surface area contributed by atoms with Gasteiger partial charge in [-0.1, -0.05) is 18.2 Å². The van der Waals surface area contributed by atoms with Gasteiger partial charge in [0.15, 0.2) is 5.78 Å². The Morgan fingerprint density at radius 3 is 2.50 bits per heavy atom. The van der Waals surface area contributed by atoms with Crippen molar-refractivity contribution in [1.29, 1.82) is 0 Å². The standard InChI is InChI=1S/C16H11BrO2S/c1-19-14-5-4-10-6-12(3-2-11(10)7-14)16(18)13-8-15(17)20-9-13/h2-9H,1H3. The Bertz CT molecular complexity index is 792. The summed E-state index contributed by atoms with van der Waals surface area (Å²) in [4.78, 5) is 12.4. The van der Waals surface area contributed by atoms with Gasteiger partial charge in [-0.25, -0.2) is 0 Å². The molecule has 0 unspecified atom stereocenters. The number of thiophene rings is 1. The molecule has 0 saturated heterocycles. The molecule has 0 aliphatic heterocycles. The second kappa shape index (κ2) is 5.38. The predicted octanol–water partition coefficient (Wildman–Crippen LogP) is 4.90. The van der Waals surface area contributed by atoms with Crippen LogP contribution in [-0.2, 0) is 0 Å². The van der Waals surface area contributed by atoms with E-state index in [4.69, 9.17) is 4.74 Å². The molecule has 0 bridgehead atoms. The van der Waals surface area contributed by atoms with Gasteiger partial charge in [-0.05, 0) is 51.0 Å². The average Bonchev–Trinajstić information content (AvgIpc) is 2.92. The van der Waals surface area contributed by atoms with E-state index >= 15 is 0 Å². The van der Waals surface area contributed by atoms with Crippen LogP contribution >= 0.6 is 27.3 Å². The molecule has 0 fully saturated rings. The van der Waals surface area contributed by atoms with E-state index in [1.807, 2.05) is 47.8 Å². The lowest BCUT2D eigenvalue weighted by Crippen LogP contribution is -1.99. The SMILES string of the molecule is COc1ccc2cc(C(=O)c3csc(Br)c3)ccc2c1. The second-order valence-electron chi connectivity index (χ2n) is 4.40. The van der Waals surface area contributed by atoms with Crippen molar-refractivity contribution in [1.82, 2.24) is 0 Å². The molecule has 0 amide bonds. The first kappa shape index (κ1) is 13.3. The van der Waals surface area contributed by atoms with Crippen LogP contribution < -0.4 is 4.74 Å². The Hall–Kier alpha value is -1.65. The molecule has 0 N–H and O–H groups in total.